The third-order valence-corrected chi connectivity index (χ3v) is 2.03. The first-order chi connectivity index (χ1) is 6.29. The van der Waals surface area contributed by atoms with Crippen LogP contribution in [0.4, 0.5) is 0 Å². The summed E-state index contributed by atoms with van der Waals surface area (Å²) >= 11 is 4.10. The molecule has 0 amide bonds. The molecule has 2 aromatic rings. The summed E-state index contributed by atoms with van der Waals surface area (Å²) in [6.45, 7) is 0. The summed E-state index contributed by atoms with van der Waals surface area (Å²) in [5.74, 6) is 1.32. The molecule has 0 aliphatic heterocycles. The molecule has 0 unspecified atom stereocenters. The van der Waals surface area contributed by atoms with Crippen LogP contribution in [-0.4, -0.2) is 14.9 Å². The van der Waals surface area contributed by atoms with Crippen molar-refractivity contribution in [2.24, 2.45) is 7.05 Å². The van der Waals surface area contributed by atoms with E-state index in [4.69, 9.17) is 4.52 Å². The summed E-state index contributed by atoms with van der Waals surface area (Å²) in [6.07, 6.45) is 3.62. The molecule has 0 fully saturated rings. The molecule has 5 heteroatoms. The van der Waals surface area contributed by atoms with Crippen LogP contribution in [0.15, 0.2) is 23.0 Å². The fourth-order valence-corrected chi connectivity index (χ4v) is 1.22. The molecule has 4 nitrogen and oxygen atoms in total. The summed E-state index contributed by atoms with van der Waals surface area (Å²) in [4.78, 5) is 0. The average Bonchev–Trinajstić information content (AvgIpc) is 2.71. The maximum absolute atomic E-state index is 5.10. The van der Waals surface area contributed by atoms with Crippen LogP contribution in [0.1, 0.15) is 5.69 Å². The van der Waals surface area contributed by atoms with Crippen LogP contribution < -0.4 is 0 Å². The lowest BCUT2D eigenvalue weighted by Gasteiger charge is -1.84. The van der Waals surface area contributed by atoms with Gasteiger partial charge >= 0.3 is 0 Å². The van der Waals surface area contributed by atoms with E-state index in [1.807, 2.05) is 19.3 Å². The van der Waals surface area contributed by atoms with Crippen molar-refractivity contribution >= 4 is 12.6 Å². The number of nitrogens with zero attached hydrogens (tertiary/aromatic N) is 3. The number of aryl methyl sites for hydroxylation is 1. The van der Waals surface area contributed by atoms with Gasteiger partial charge in [0.2, 0.25) is 0 Å². The van der Waals surface area contributed by atoms with Crippen LogP contribution in [0.25, 0.3) is 11.3 Å². The van der Waals surface area contributed by atoms with Crippen LogP contribution in [-0.2, 0) is 12.8 Å². The fourth-order valence-electron chi connectivity index (χ4n) is 1.07. The molecule has 0 bridgehead atoms. The van der Waals surface area contributed by atoms with Crippen LogP contribution in [0.2, 0.25) is 0 Å². The topological polar surface area (TPSA) is 43.9 Å². The van der Waals surface area contributed by atoms with Crippen molar-refractivity contribution in [1.29, 1.82) is 0 Å². The molecule has 0 aliphatic rings. The van der Waals surface area contributed by atoms with E-state index in [9.17, 15) is 0 Å². The largest absolute Gasteiger partial charge is 0.356 e. The number of rotatable bonds is 2. The zero-order chi connectivity index (χ0) is 9.26. The Morgan fingerprint density at radius 1 is 1.62 bits per heavy atom. The molecule has 0 radical (unpaired) electrons. The Balaban J connectivity index is 2.35. The van der Waals surface area contributed by atoms with Crippen LogP contribution in [0.5, 0.6) is 0 Å². The van der Waals surface area contributed by atoms with E-state index in [1.165, 1.54) is 0 Å². The zero-order valence-corrected chi connectivity index (χ0v) is 8.03. The van der Waals surface area contributed by atoms with Crippen molar-refractivity contribution in [1.82, 2.24) is 14.9 Å². The van der Waals surface area contributed by atoms with Gasteiger partial charge < -0.3 is 4.52 Å². The monoisotopic (exact) mass is 195 g/mol. The Bertz CT molecular complexity index is 407. The molecule has 13 heavy (non-hydrogen) atoms. The van der Waals surface area contributed by atoms with Crippen molar-refractivity contribution in [2.45, 2.75) is 5.75 Å². The van der Waals surface area contributed by atoms with Crippen molar-refractivity contribution in [3.05, 3.63) is 24.2 Å². The Morgan fingerprint density at radius 3 is 3.00 bits per heavy atom. The third-order valence-electron chi connectivity index (χ3n) is 1.71. The van der Waals surface area contributed by atoms with Gasteiger partial charge in [0.15, 0.2) is 5.76 Å². The Hall–Kier alpha value is -1.23. The van der Waals surface area contributed by atoms with E-state index in [0.717, 1.165) is 17.0 Å². The Morgan fingerprint density at radius 2 is 2.46 bits per heavy atom. The van der Waals surface area contributed by atoms with Gasteiger partial charge in [-0.15, -0.1) is 0 Å². The van der Waals surface area contributed by atoms with Gasteiger partial charge in [-0.1, -0.05) is 5.16 Å². The summed E-state index contributed by atoms with van der Waals surface area (Å²) < 4.78 is 6.82. The number of thiol groups is 1. The molecule has 0 N–H and O–H groups in total. The second-order valence-electron chi connectivity index (χ2n) is 2.74. The standard InChI is InChI=1S/C8H9N3OS/c1-11-4-6(3-9-11)8-2-7(5-13)10-12-8/h2-4,13H,5H2,1H3. The molecular formula is C8H9N3OS. The second-order valence-corrected chi connectivity index (χ2v) is 3.06. The van der Waals surface area contributed by atoms with Gasteiger partial charge in [0.25, 0.3) is 0 Å². The minimum Gasteiger partial charge on any atom is -0.356 e. The van der Waals surface area contributed by atoms with Crippen LogP contribution in [0.3, 0.4) is 0 Å². The molecule has 0 saturated heterocycles. The lowest BCUT2D eigenvalue weighted by Crippen LogP contribution is -1.83. The zero-order valence-electron chi connectivity index (χ0n) is 7.14. The van der Waals surface area contributed by atoms with Gasteiger partial charge in [-0.25, -0.2) is 0 Å². The predicted octanol–water partition coefficient (Wildman–Crippen LogP) is 1.50. The Kier molecular flexibility index (Phi) is 2.10. The normalized spacial score (nSPS) is 10.6. The summed E-state index contributed by atoms with van der Waals surface area (Å²) in [6, 6.07) is 1.87. The highest BCUT2D eigenvalue weighted by Crippen LogP contribution is 2.19. The molecule has 2 heterocycles. The molecule has 2 aromatic heterocycles. The van der Waals surface area contributed by atoms with E-state index in [-0.39, 0.29) is 0 Å². The van der Waals surface area contributed by atoms with Crippen LogP contribution >= 0.6 is 12.6 Å². The lowest BCUT2D eigenvalue weighted by atomic mass is 10.2. The minimum atomic E-state index is 0.587. The second kappa shape index (κ2) is 3.26. The first-order valence-corrected chi connectivity index (χ1v) is 4.48. The average molecular weight is 195 g/mol. The molecule has 68 valence electrons. The van der Waals surface area contributed by atoms with E-state index in [1.54, 1.807) is 10.9 Å². The van der Waals surface area contributed by atoms with Crippen molar-refractivity contribution in [2.75, 3.05) is 0 Å². The molecular weight excluding hydrogens is 186 g/mol. The molecule has 2 rings (SSSR count). The highest BCUT2D eigenvalue weighted by Gasteiger charge is 2.06. The Labute approximate surface area is 80.9 Å². The summed E-state index contributed by atoms with van der Waals surface area (Å²) in [5.41, 5.74) is 1.77. The molecule has 0 aromatic carbocycles. The number of hydrogen-bond acceptors (Lipinski definition) is 4. The van der Waals surface area contributed by atoms with Crippen molar-refractivity contribution in [3.8, 4) is 11.3 Å². The van der Waals surface area contributed by atoms with Crippen molar-refractivity contribution in [3.63, 3.8) is 0 Å². The van der Waals surface area contributed by atoms with Gasteiger partial charge in [-0.2, -0.15) is 17.7 Å². The van der Waals surface area contributed by atoms with Gasteiger partial charge in [-0.05, 0) is 0 Å². The van der Waals surface area contributed by atoms with Gasteiger partial charge in [0.05, 0.1) is 17.5 Å². The first-order valence-electron chi connectivity index (χ1n) is 3.85. The van der Waals surface area contributed by atoms with Gasteiger partial charge in [-0.3, -0.25) is 4.68 Å². The molecule has 0 atom stereocenters. The highest BCUT2D eigenvalue weighted by molar-refractivity contribution is 7.79. The SMILES string of the molecule is Cn1cc(-c2cc(CS)no2)cn1. The minimum absolute atomic E-state index is 0.587. The fraction of sp³-hybridized carbons (Fsp3) is 0.250. The van der Waals surface area contributed by atoms with E-state index in [2.05, 4.69) is 22.9 Å². The number of hydrogen-bond donors (Lipinski definition) is 1. The lowest BCUT2D eigenvalue weighted by molar-refractivity contribution is 0.426. The van der Waals surface area contributed by atoms with E-state index >= 15 is 0 Å². The summed E-state index contributed by atoms with van der Waals surface area (Å²) in [5, 5.41) is 7.87. The van der Waals surface area contributed by atoms with E-state index < -0.39 is 0 Å². The molecule has 0 saturated carbocycles. The quantitative estimate of drug-likeness (QED) is 0.738. The first kappa shape index (κ1) is 8.37. The number of aromatic nitrogens is 3. The smallest absolute Gasteiger partial charge is 0.170 e. The maximum Gasteiger partial charge on any atom is 0.170 e. The highest BCUT2D eigenvalue weighted by atomic mass is 32.1. The molecule has 0 aliphatic carbocycles. The maximum atomic E-state index is 5.10. The predicted molar refractivity (Wildman–Crippen MR) is 51.4 cm³/mol. The van der Waals surface area contributed by atoms with Gasteiger partial charge in [0.1, 0.15) is 0 Å². The summed E-state index contributed by atoms with van der Waals surface area (Å²) in [7, 11) is 1.86. The van der Waals surface area contributed by atoms with Crippen LogP contribution in [0, 0.1) is 0 Å². The van der Waals surface area contributed by atoms with E-state index in [0.29, 0.717) is 5.75 Å². The third kappa shape index (κ3) is 1.60. The molecule has 0 spiro atoms. The van der Waals surface area contributed by atoms with Crippen molar-refractivity contribution < 1.29 is 4.52 Å². The van der Waals surface area contributed by atoms with Gasteiger partial charge in [0, 0.05) is 25.1 Å².